The second-order valence-electron chi connectivity index (χ2n) is 6.09. The molecule has 26 heavy (non-hydrogen) atoms. The predicted molar refractivity (Wildman–Crippen MR) is 95.7 cm³/mol. The summed E-state index contributed by atoms with van der Waals surface area (Å²) in [7, 11) is 1.55. The molecule has 0 aromatic heterocycles. The molecule has 0 spiro atoms. The second-order valence-corrected chi connectivity index (χ2v) is 6.09. The van der Waals surface area contributed by atoms with Crippen LogP contribution in [0.1, 0.15) is 12.5 Å². The molecule has 1 saturated heterocycles. The van der Waals surface area contributed by atoms with Crippen LogP contribution in [0.4, 0.5) is 10.5 Å². The first kappa shape index (κ1) is 17.5. The first-order valence-electron chi connectivity index (χ1n) is 8.07. The third-order valence-electron chi connectivity index (χ3n) is 4.30. The van der Waals surface area contributed by atoms with Crippen LogP contribution in [0.25, 0.3) is 0 Å². The number of anilines is 1. The van der Waals surface area contributed by atoms with Crippen molar-refractivity contribution in [1.82, 2.24) is 10.2 Å². The van der Waals surface area contributed by atoms with Gasteiger partial charge in [0, 0.05) is 5.69 Å². The summed E-state index contributed by atoms with van der Waals surface area (Å²) in [6.45, 7) is 1.27. The van der Waals surface area contributed by atoms with Crippen LogP contribution in [0.5, 0.6) is 5.75 Å². The Morgan fingerprint density at radius 2 is 1.77 bits per heavy atom. The zero-order chi connectivity index (χ0) is 18.7. The number of rotatable bonds is 5. The van der Waals surface area contributed by atoms with Crippen LogP contribution in [0.3, 0.4) is 0 Å². The van der Waals surface area contributed by atoms with Gasteiger partial charge < -0.3 is 15.4 Å². The van der Waals surface area contributed by atoms with E-state index in [1.807, 2.05) is 6.07 Å². The van der Waals surface area contributed by atoms with Crippen molar-refractivity contribution in [3.8, 4) is 5.75 Å². The molecule has 7 heteroatoms. The van der Waals surface area contributed by atoms with Crippen molar-refractivity contribution in [1.29, 1.82) is 0 Å². The minimum Gasteiger partial charge on any atom is -0.497 e. The van der Waals surface area contributed by atoms with E-state index in [9.17, 15) is 14.4 Å². The molecule has 2 aromatic carbocycles. The monoisotopic (exact) mass is 353 g/mol. The van der Waals surface area contributed by atoms with Crippen LogP contribution in [0.2, 0.25) is 0 Å². The molecule has 1 fully saturated rings. The molecule has 134 valence electrons. The van der Waals surface area contributed by atoms with Crippen molar-refractivity contribution in [2.24, 2.45) is 0 Å². The van der Waals surface area contributed by atoms with Gasteiger partial charge in [0.15, 0.2) is 0 Å². The lowest BCUT2D eigenvalue weighted by Crippen LogP contribution is -2.42. The Kier molecular flexibility index (Phi) is 4.62. The molecule has 1 unspecified atom stereocenters. The number of ether oxygens (including phenoxy) is 1. The summed E-state index contributed by atoms with van der Waals surface area (Å²) in [6.07, 6.45) is 0. The molecule has 1 aliphatic rings. The highest BCUT2D eigenvalue weighted by Gasteiger charge is 2.49. The summed E-state index contributed by atoms with van der Waals surface area (Å²) < 4.78 is 5.06. The van der Waals surface area contributed by atoms with Crippen molar-refractivity contribution in [2.45, 2.75) is 12.5 Å². The third kappa shape index (κ3) is 3.23. The molecule has 4 amide bonds. The maximum Gasteiger partial charge on any atom is 0.325 e. The maximum absolute atomic E-state index is 12.8. The molecule has 2 aromatic rings. The van der Waals surface area contributed by atoms with Crippen LogP contribution < -0.4 is 15.4 Å². The number of amides is 4. The molecule has 0 aliphatic carbocycles. The minimum absolute atomic E-state index is 0.362. The van der Waals surface area contributed by atoms with Crippen molar-refractivity contribution < 1.29 is 19.1 Å². The average Bonchev–Trinajstić information content (AvgIpc) is 2.87. The molecular formula is C19H19N3O4. The molecular weight excluding hydrogens is 334 g/mol. The molecule has 3 rings (SSSR count). The minimum atomic E-state index is -1.18. The fourth-order valence-corrected chi connectivity index (χ4v) is 2.83. The summed E-state index contributed by atoms with van der Waals surface area (Å²) in [6, 6.07) is 15.1. The van der Waals surface area contributed by atoms with Crippen molar-refractivity contribution in [3.05, 3.63) is 60.2 Å². The molecule has 0 radical (unpaired) electrons. The van der Waals surface area contributed by atoms with E-state index < -0.39 is 23.4 Å². The molecule has 0 bridgehead atoms. The predicted octanol–water partition coefficient (Wildman–Crippen LogP) is 2.10. The Balaban J connectivity index is 1.70. The van der Waals surface area contributed by atoms with E-state index in [2.05, 4.69) is 10.6 Å². The normalized spacial score (nSPS) is 19.2. The fourth-order valence-electron chi connectivity index (χ4n) is 2.83. The van der Waals surface area contributed by atoms with Gasteiger partial charge in [-0.3, -0.25) is 14.5 Å². The highest BCUT2D eigenvalue weighted by atomic mass is 16.5. The van der Waals surface area contributed by atoms with Crippen LogP contribution in [-0.4, -0.2) is 36.4 Å². The smallest absolute Gasteiger partial charge is 0.325 e. The second kappa shape index (κ2) is 6.87. The van der Waals surface area contributed by atoms with Crippen LogP contribution in [0.15, 0.2) is 54.6 Å². The number of hydrogen-bond donors (Lipinski definition) is 2. The topological polar surface area (TPSA) is 87.7 Å². The quantitative estimate of drug-likeness (QED) is 0.806. The summed E-state index contributed by atoms with van der Waals surface area (Å²) in [5.74, 6) is -0.259. The van der Waals surface area contributed by atoms with Gasteiger partial charge in [0.05, 0.1) is 7.11 Å². The van der Waals surface area contributed by atoms with E-state index in [4.69, 9.17) is 4.74 Å². The van der Waals surface area contributed by atoms with Crippen molar-refractivity contribution >= 4 is 23.5 Å². The fraction of sp³-hybridized carbons (Fsp3) is 0.211. The lowest BCUT2D eigenvalue weighted by atomic mass is 9.92. The van der Waals surface area contributed by atoms with Gasteiger partial charge in [0.25, 0.3) is 5.91 Å². The number of nitrogens with one attached hydrogen (secondary N) is 2. The number of hydrogen-bond acceptors (Lipinski definition) is 4. The number of benzene rings is 2. The van der Waals surface area contributed by atoms with Gasteiger partial charge in [-0.15, -0.1) is 0 Å². The number of carbonyl (C=O) groups is 3. The van der Waals surface area contributed by atoms with Gasteiger partial charge in [-0.05, 0) is 36.8 Å². The Hall–Kier alpha value is -3.35. The molecule has 7 nitrogen and oxygen atoms in total. The van der Waals surface area contributed by atoms with E-state index in [-0.39, 0.29) is 6.54 Å². The Morgan fingerprint density at radius 3 is 2.38 bits per heavy atom. The SMILES string of the molecule is COc1ccc(NC(=O)CN2C(=O)NC(C)(c3ccccc3)C2=O)cc1. The number of methoxy groups -OCH3 is 1. The van der Waals surface area contributed by atoms with Gasteiger partial charge >= 0.3 is 6.03 Å². The van der Waals surface area contributed by atoms with E-state index >= 15 is 0 Å². The molecule has 1 heterocycles. The van der Waals surface area contributed by atoms with Gasteiger partial charge in [-0.1, -0.05) is 30.3 Å². The summed E-state index contributed by atoms with van der Waals surface area (Å²) in [4.78, 5) is 38.2. The lowest BCUT2D eigenvalue weighted by molar-refractivity contribution is -0.133. The van der Waals surface area contributed by atoms with Crippen LogP contribution in [0, 0.1) is 0 Å². The van der Waals surface area contributed by atoms with Gasteiger partial charge in [-0.2, -0.15) is 0 Å². The first-order chi connectivity index (χ1) is 12.4. The van der Waals surface area contributed by atoms with E-state index in [0.717, 1.165) is 4.90 Å². The molecule has 2 N–H and O–H groups in total. The average molecular weight is 353 g/mol. The number of carbonyl (C=O) groups excluding carboxylic acids is 3. The molecule has 1 atom stereocenters. The van der Waals surface area contributed by atoms with Crippen LogP contribution >= 0.6 is 0 Å². The number of urea groups is 1. The lowest BCUT2D eigenvalue weighted by Gasteiger charge is -2.22. The summed E-state index contributed by atoms with van der Waals surface area (Å²) in [5, 5.41) is 5.33. The zero-order valence-electron chi connectivity index (χ0n) is 14.5. The van der Waals surface area contributed by atoms with Gasteiger partial charge in [-0.25, -0.2) is 4.79 Å². The van der Waals surface area contributed by atoms with E-state index in [0.29, 0.717) is 17.0 Å². The Morgan fingerprint density at radius 1 is 1.12 bits per heavy atom. The van der Waals surface area contributed by atoms with E-state index in [1.54, 1.807) is 62.6 Å². The number of imide groups is 1. The highest BCUT2D eigenvalue weighted by Crippen LogP contribution is 2.28. The standard InChI is InChI=1S/C19H19N3O4/c1-19(13-6-4-3-5-7-13)17(24)22(18(25)21-19)12-16(23)20-14-8-10-15(26-2)11-9-14/h3-11H,12H2,1-2H3,(H,20,23)(H,21,25). The highest BCUT2D eigenvalue weighted by molar-refractivity contribution is 6.10. The maximum atomic E-state index is 12.8. The first-order valence-corrected chi connectivity index (χ1v) is 8.07. The van der Waals surface area contributed by atoms with Gasteiger partial charge in [0.1, 0.15) is 17.8 Å². The summed E-state index contributed by atoms with van der Waals surface area (Å²) in [5.41, 5.74) is 0.0312. The summed E-state index contributed by atoms with van der Waals surface area (Å²) >= 11 is 0. The zero-order valence-corrected chi connectivity index (χ0v) is 14.5. The Bertz CT molecular complexity index is 836. The molecule has 0 saturated carbocycles. The van der Waals surface area contributed by atoms with Crippen molar-refractivity contribution in [2.75, 3.05) is 19.0 Å². The largest absolute Gasteiger partial charge is 0.497 e. The van der Waals surface area contributed by atoms with E-state index in [1.165, 1.54) is 0 Å². The van der Waals surface area contributed by atoms with Crippen molar-refractivity contribution in [3.63, 3.8) is 0 Å². The number of nitrogens with zero attached hydrogens (tertiary/aromatic N) is 1. The molecule has 1 aliphatic heterocycles. The van der Waals surface area contributed by atoms with Crippen LogP contribution in [-0.2, 0) is 15.1 Å². The van der Waals surface area contributed by atoms with Gasteiger partial charge in [0.2, 0.25) is 5.91 Å². The Labute approximate surface area is 150 Å². The third-order valence-corrected chi connectivity index (χ3v) is 4.30.